The van der Waals surface area contributed by atoms with Gasteiger partial charge in [-0.15, -0.1) is 24.8 Å². The molecule has 0 fully saturated rings. The first kappa shape index (κ1) is 23.4. The highest BCUT2D eigenvalue weighted by Crippen LogP contribution is 2.21. The highest BCUT2D eigenvalue weighted by atomic mass is 35.5. The van der Waals surface area contributed by atoms with E-state index in [-0.39, 0.29) is 36.8 Å². The van der Waals surface area contributed by atoms with Gasteiger partial charge in [-0.2, -0.15) is 0 Å². The molecule has 1 amide bonds. The number of halogens is 2. The van der Waals surface area contributed by atoms with Crippen molar-refractivity contribution in [3.05, 3.63) is 65.2 Å². The van der Waals surface area contributed by atoms with Gasteiger partial charge >= 0.3 is 0 Å². The van der Waals surface area contributed by atoms with Crippen molar-refractivity contribution in [1.29, 1.82) is 0 Å². The van der Waals surface area contributed by atoms with Crippen molar-refractivity contribution in [1.82, 2.24) is 10.2 Å². The zero-order valence-corrected chi connectivity index (χ0v) is 17.5. The maximum absolute atomic E-state index is 12.7. The van der Waals surface area contributed by atoms with Crippen LogP contribution in [0.2, 0.25) is 0 Å². The molecule has 2 aromatic rings. The van der Waals surface area contributed by atoms with E-state index in [9.17, 15) is 4.79 Å². The minimum Gasteiger partial charge on any atom is -0.325 e. The number of nitrogens with zero attached hydrogens (tertiary/aromatic N) is 1. The average molecular weight is 410 g/mol. The molecular weight excluding hydrogens is 381 g/mol. The van der Waals surface area contributed by atoms with Gasteiger partial charge in [0.05, 0.1) is 6.04 Å². The van der Waals surface area contributed by atoms with Gasteiger partial charge in [0.25, 0.3) is 0 Å². The first-order chi connectivity index (χ1) is 12.2. The fourth-order valence-electron chi connectivity index (χ4n) is 3.29. The van der Waals surface area contributed by atoms with Crippen LogP contribution in [0.3, 0.4) is 0 Å². The van der Waals surface area contributed by atoms with Crippen molar-refractivity contribution < 1.29 is 4.79 Å². The number of hydrogen-bond donors (Lipinski definition) is 2. The van der Waals surface area contributed by atoms with E-state index in [1.54, 1.807) is 0 Å². The summed E-state index contributed by atoms with van der Waals surface area (Å²) in [5, 5.41) is 6.38. The summed E-state index contributed by atoms with van der Waals surface area (Å²) < 4.78 is 0. The lowest BCUT2D eigenvalue weighted by molar-refractivity contribution is -0.121. The normalized spacial score (nSPS) is 14.3. The smallest absolute Gasteiger partial charge is 0.241 e. The van der Waals surface area contributed by atoms with E-state index < -0.39 is 0 Å². The summed E-state index contributed by atoms with van der Waals surface area (Å²) in [6.07, 6.45) is 1.01. The summed E-state index contributed by atoms with van der Waals surface area (Å²) in [6.45, 7) is 7.59. The zero-order chi connectivity index (χ0) is 17.6. The van der Waals surface area contributed by atoms with E-state index in [2.05, 4.69) is 52.8 Å². The molecule has 0 saturated carbocycles. The predicted octanol–water partition coefficient (Wildman–Crippen LogP) is 4.03. The Morgan fingerprint density at radius 3 is 2.59 bits per heavy atom. The molecule has 6 heteroatoms. The molecule has 0 saturated heterocycles. The molecule has 148 valence electrons. The van der Waals surface area contributed by atoms with Crippen LogP contribution < -0.4 is 10.6 Å². The van der Waals surface area contributed by atoms with Gasteiger partial charge in [0.15, 0.2) is 0 Å². The second-order valence-electron chi connectivity index (χ2n) is 6.64. The van der Waals surface area contributed by atoms with Crippen molar-refractivity contribution in [2.45, 2.75) is 39.4 Å². The summed E-state index contributed by atoms with van der Waals surface area (Å²) in [7, 11) is 0. The first-order valence-corrected chi connectivity index (χ1v) is 9.08. The standard InChI is InChI=1S/C21H27N3O.2ClH/c1-3-22-14-17-7-6-10-20(13-17)23-21(25)16(2)24-12-11-18-8-4-5-9-19(18)15-24;;/h4-10,13,16,22H,3,11-12,14-15H2,1-2H3,(H,23,25);2*1H. The minimum atomic E-state index is -0.147. The summed E-state index contributed by atoms with van der Waals surface area (Å²) in [5.41, 5.74) is 4.78. The third-order valence-corrected chi connectivity index (χ3v) is 4.86. The van der Waals surface area contributed by atoms with Crippen LogP contribution in [-0.4, -0.2) is 29.9 Å². The van der Waals surface area contributed by atoms with Crippen LogP contribution in [0.5, 0.6) is 0 Å². The quantitative estimate of drug-likeness (QED) is 0.756. The summed E-state index contributed by atoms with van der Waals surface area (Å²) in [4.78, 5) is 14.9. The number of benzene rings is 2. The Kier molecular flexibility index (Phi) is 9.81. The van der Waals surface area contributed by atoms with E-state index in [4.69, 9.17) is 0 Å². The molecule has 0 aliphatic carbocycles. The molecule has 1 unspecified atom stereocenters. The van der Waals surface area contributed by atoms with E-state index in [0.717, 1.165) is 38.3 Å². The fraction of sp³-hybridized carbons (Fsp3) is 0.381. The van der Waals surface area contributed by atoms with Crippen molar-refractivity contribution >= 4 is 36.4 Å². The highest BCUT2D eigenvalue weighted by Gasteiger charge is 2.25. The van der Waals surface area contributed by atoms with Gasteiger partial charge < -0.3 is 10.6 Å². The van der Waals surface area contributed by atoms with E-state index in [1.165, 1.54) is 16.7 Å². The molecule has 4 nitrogen and oxygen atoms in total. The van der Waals surface area contributed by atoms with Crippen molar-refractivity contribution in [2.75, 3.05) is 18.4 Å². The third kappa shape index (κ3) is 6.22. The Balaban J connectivity index is 0.00000182. The van der Waals surface area contributed by atoms with Crippen LogP contribution in [-0.2, 0) is 24.3 Å². The van der Waals surface area contributed by atoms with Crippen molar-refractivity contribution in [3.8, 4) is 0 Å². The SMILES string of the molecule is CCNCc1cccc(NC(=O)C(C)N2CCc3ccccc3C2)c1.Cl.Cl. The molecular formula is C21H29Cl2N3O. The lowest BCUT2D eigenvalue weighted by Gasteiger charge is -2.32. The average Bonchev–Trinajstić information content (AvgIpc) is 2.65. The maximum atomic E-state index is 12.7. The first-order valence-electron chi connectivity index (χ1n) is 9.08. The van der Waals surface area contributed by atoms with Crippen LogP contribution in [0, 0.1) is 0 Å². The summed E-state index contributed by atoms with van der Waals surface area (Å²) in [5.74, 6) is 0.0555. The summed E-state index contributed by atoms with van der Waals surface area (Å²) in [6, 6.07) is 16.4. The van der Waals surface area contributed by atoms with Crippen LogP contribution in [0.1, 0.15) is 30.5 Å². The van der Waals surface area contributed by atoms with Crippen LogP contribution >= 0.6 is 24.8 Å². The van der Waals surface area contributed by atoms with Crippen LogP contribution in [0.25, 0.3) is 0 Å². The number of anilines is 1. The molecule has 2 aromatic carbocycles. The molecule has 1 aliphatic heterocycles. The number of amides is 1. The zero-order valence-electron chi connectivity index (χ0n) is 15.9. The number of rotatable bonds is 6. The third-order valence-electron chi connectivity index (χ3n) is 4.86. The van der Waals surface area contributed by atoms with E-state index >= 15 is 0 Å². The lowest BCUT2D eigenvalue weighted by Crippen LogP contribution is -2.44. The molecule has 2 N–H and O–H groups in total. The Hall–Kier alpha value is -1.59. The Bertz CT molecular complexity index is 739. The lowest BCUT2D eigenvalue weighted by atomic mass is 9.99. The van der Waals surface area contributed by atoms with Gasteiger partial charge in [-0.05, 0) is 48.7 Å². The van der Waals surface area contributed by atoms with Crippen molar-refractivity contribution in [2.24, 2.45) is 0 Å². The molecule has 3 rings (SSSR count). The monoisotopic (exact) mass is 409 g/mol. The van der Waals surface area contributed by atoms with Gasteiger partial charge in [0, 0.05) is 25.3 Å². The predicted molar refractivity (Wildman–Crippen MR) is 117 cm³/mol. The fourth-order valence-corrected chi connectivity index (χ4v) is 3.29. The topological polar surface area (TPSA) is 44.4 Å². The summed E-state index contributed by atoms with van der Waals surface area (Å²) >= 11 is 0. The Morgan fingerprint density at radius 1 is 1.11 bits per heavy atom. The number of fused-ring (bicyclic) bond motifs is 1. The van der Waals surface area contributed by atoms with Crippen LogP contribution in [0.15, 0.2) is 48.5 Å². The number of nitrogens with one attached hydrogen (secondary N) is 2. The van der Waals surface area contributed by atoms with Crippen LogP contribution in [0.4, 0.5) is 5.69 Å². The second-order valence-corrected chi connectivity index (χ2v) is 6.64. The number of carbonyl (C=O) groups excluding carboxylic acids is 1. The Labute approximate surface area is 174 Å². The van der Waals surface area contributed by atoms with Gasteiger partial charge in [0.1, 0.15) is 0 Å². The molecule has 27 heavy (non-hydrogen) atoms. The Morgan fingerprint density at radius 2 is 1.85 bits per heavy atom. The molecule has 0 bridgehead atoms. The second kappa shape index (κ2) is 11.3. The molecule has 0 aromatic heterocycles. The van der Waals surface area contributed by atoms with Gasteiger partial charge in [0.2, 0.25) is 5.91 Å². The molecule has 0 spiro atoms. The van der Waals surface area contributed by atoms with Crippen molar-refractivity contribution in [3.63, 3.8) is 0 Å². The number of hydrogen-bond acceptors (Lipinski definition) is 3. The van der Waals surface area contributed by atoms with Gasteiger partial charge in [-0.1, -0.05) is 43.3 Å². The maximum Gasteiger partial charge on any atom is 0.241 e. The van der Waals surface area contributed by atoms with E-state index in [1.807, 2.05) is 25.1 Å². The highest BCUT2D eigenvalue weighted by molar-refractivity contribution is 5.94. The molecule has 1 heterocycles. The minimum absolute atomic E-state index is 0. The molecule has 0 radical (unpaired) electrons. The van der Waals surface area contributed by atoms with Gasteiger partial charge in [-0.25, -0.2) is 0 Å². The molecule has 1 aliphatic rings. The van der Waals surface area contributed by atoms with Gasteiger partial charge in [-0.3, -0.25) is 9.69 Å². The van der Waals surface area contributed by atoms with E-state index in [0.29, 0.717) is 0 Å². The largest absolute Gasteiger partial charge is 0.325 e. The number of carbonyl (C=O) groups is 1. The molecule has 1 atom stereocenters.